The molecule has 0 aliphatic carbocycles. The molecule has 80 valence electrons. The molecule has 0 saturated carbocycles. The predicted molar refractivity (Wildman–Crippen MR) is 61.0 cm³/mol. The van der Waals surface area contributed by atoms with Gasteiger partial charge in [-0.2, -0.15) is 0 Å². The molecule has 2 heteroatoms. The van der Waals surface area contributed by atoms with E-state index in [9.17, 15) is 9.18 Å². The third-order valence-electron chi connectivity index (χ3n) is 2.50. The van der Waals surface area contributed by atoms with Crippen molar-refractivity contribution in [3.8, 4) is 0 Å². The fourth-order valence-corrected chi connectivity index (χ4v) is 1.58. The van der Waals surface area contributed by atoms with Crippen LogP contribution in [0, 0.1) is 12.7 Å². The molecule has 1 nitrogen and oxygen atoms in total. The fraction of sp³-hybridized carbons (Fsp3) is 0.0714. The van der Waals surface area contributed by atoms with Crippen LogP contribution in [0.2, 0.25) is 0 Å². The van der Waals surface area contributed by atoms with Gasteiger partial charge >= 0.3 is 0 Å². The van der Waals surface area contributed by atoms with Crippen molar-refractivity contribution in [2.75, 3.05) is 0 Å². The topological polar surface area (TPSA) is 17.1 Å². The summed E-state index contributed by atoms with van der Waals surface area (Å²) in [5, 5.41) is 0. The summed E-state index contributed by atoms with van der Waals surface area (Å²) in [7, 11) is 0. The molecule has 0 saturated heterocycles. The number of rotatable bonds is 2. The highest BCUT2D eigenvalue weighted by Gasteiger charge is 2.10. The summed E-state index contributed by atoms with van der Waals surface area (Å²) in [4.78, 5) is 12.1. The van der Waals surface area contributed by atoms with Gasteiger partial charge in [-0.1, -0.05) is 24.3 Å². The van der Waals surface area contributed by atoms with E-state index in [-0.39, 0.29) is 11.6 Å². The zero-order valence-electron chi connectivity index (χ0n) is 8.91. The van der Waals surface area contributed by atoms with E-state index in [1.54, 1.807) is 6.07 Å². The van der Waals surface area contributed by atoms with Crippen molar-refractivity contribution in [3.05, 3.63) is 71.0 Å². The maximum Gasteiger partial charge on any atom is 0.193 e. The average Bonchev–Trinajstić information content (AvgIpc) is 2.30. The molecular formula is C14H11FO. The minimum Gasteiger partial charge on any atom is -0.289 e. The summed E-state index contributed by atoms with van der Waals surface area (Å²) in [5.41, 5.74) is 2.10. The Morgan fingerprint density at radius 2 is 1.62 bits per heavy atom. The molecule has 0 unspecified atom stereocenters. The van der Waals surface area contributed by atoms with Crippen molar-refractivity contribution in [2.45, 2.75) is 6.92 Å². The zero-order valence-corrected chi connectivity index (χ0v) is 8.91. The lowest BCUT2D eigenvalue weighted by Crippen LogP contribution is -2.03. The number of hydrogen-bond donors (Lipinski definition) is 0. The van der Waals surface area contributed by atoms with Crippen LogP contribution in [0.1, 0.15) is 21.5 Å². The van der Waals surface area contributed by atoms with E-state index in [2.05, 4.69) is 0 Å². The van der Waals surface area contributed by atoms with Crippen molar-refractivity contribution >= 4 is 5.78 Å². The van der Waals surface area contributed by atoms with Gasteiger partial charge < -0.3 is 0 Å². The first-order valence-electron chi connectivity index (χ1n) is 5.04. The lowest BCUT2D eigenvalue weighted by Gasteiger charge is -2.04. The Labute approximate surface area is 93.5 Å². The highest BCUT2D eigenvalue weighted by Crippen LogP contribution is 2.14. The number of ketones is 1. The van der Waals surface area contributed by atoms with E-state index < -0.39 is 0 Å². The highest BCUT2D eigenvalue weighted by atomic mass is 19.1. The van der Waals surface area contributed by atoms with Crippen LogP contribution in [0.15, 0.2) is 48.5 Å². The second-order valence-corrected chi connectivity index (χ2v) is 3.65. The van der Waals surface area contributed by atoms with Crippen LogP contribution in [0.4, 0.5) is 4.39 Å². The molecule has 0 amide bonds. The Kier molecular flexibility index (Phi) is 2.82. The zero-order chi connectivity index (χ0) is 11.5. The number of carbonyl (C=O) groups is 1. The smallest absolute Gasteiger partial charge is 0.193 e. The van der Waals surface area contributed by atoms with Gasteiger partial charge in [-0.05, 0) is 36.8 Å². The van der Waals surface area contributed by atoms with Crippen LogP contribution in [0.3, 0.4) is 0 Å². The molecule has 0 heterocycles. The first-order valence-corrected chi connectivity index (χ1v) is 5.04. The van der Waals surface area contributed by atoms with Crippen molar-refractivity contribution in [1.82, 2.24) is 0 Å². The van der Waals surface area contributed by atoms with Crippen LogP contribution in [0.25, 0.3) is 0 Å². The van der Waals surface area contributed by atoms with Gasteiger partial charge in [-0.25, -0.2) is 4.39 Å². The molecule has 0 aromatic heterocycles. The van der Waals surface area contributed by atoms with E-state index >= 15 is 0 Å². The van der Waals surface area contributed by atoms with Crippen molar-refractivity contribution < 1.29 is 9.18 Å². The SMILES string of the molecule is Cc1ccccc1C(=O)c1ccc(F)cc1. The van der Waals surface area contributed by atoms with Gasteiger partial charge in [0.05, 0.1) is 0 Å². The van der Waals surface area contributed by atoms with Crippen LogP contribution >= 0.6 is 0 Å². The molecule has 0 fully saturated rings. The monoisotopic (exact) mass is 214 g/mol. The quantitative estimate of drug-likeness (QED) is 0.700. The van der Waals surface area contributed by atoms with E-state index in [4.69, 9.17) is 0 Å². The minimum absolute atomic E-state index is 0.0712. The van der Waals surface area contributed by atoms with Crippen molar-refractivity contribution in [2.24, 2.45) is 0 Å². The molecule has 0 bridgehead atoms. The van der Waals surface area contributed by atoms with Gasteiger partial charge in [0, 0.05) is 11.1 Å². The average molecular weight is 214 g/mol. The first-order chi connectivity index (χ1) is 7.68. The lowest BCUT2D eigenvalue weighted by molar-refractivity contribution is 0.103. The summed E-state index contributed by atoms with van der Waals surface area (Å²) in [6.45, 7) is 1.89. The van der Waals surface area contributed by atoms with E-state index in [1.807, 2.05) is 25.1 Å². The Morgan fingerprint density at radius 1 is 1.00 bits per heavy atom. The minimum atomic E-state index is -0.332. The van der Waals surface area contributed by atoms with Gasteiger partial charge in [-0.3, -0.25) is 4.79 Å². The fourth-order valence-electron chi connectivity index (χ4n) is 1.58. The van der Waals surface area contributed by atoms with Gasteiger partial charge in [0.1, 0.15) is 5.82 Å². The number of carbonyl (C=O) groups excluding carboxylic acids is 1. The van der Waals surface area contributed by atoms with Crippen LogP contribution in [-0.2, 0) is 0 Å². The largest absolute Gasteiger partial charge is 0.289 e. The number of benzene rings is 2. The molecule has 0 N–H and O–H groups in total. The normalized spacial score (nSPS) is 10.1. The molecule has 2 rings (SSSR count). The molecule has 0 atom stereocenters. The molecule has 0 spiro atoms. The molecule has 0 aliphatic rings. The molecule has 0 aliphatic heterocycles. The summed E-state index contributed by atoms with van der Waals surface area (Å²) >= 11 is 0. The van der Waals surface area contributed by atoms with E-state index in [0.717, 1.165) is 5.56 Å². The molecule has 16 heavy (non-hydrogen) atoms. The summed E-state index contributed by atoms with van der Waals surface area (Å²) in [6.07, 6.45) is 0. The number of halogens is 1. The Bertz CT molecular complexity index is 515. The predicted octanol–water partition coefficient (Wildman–Crippen LogP) is 3.37. The summed E-state index contributed by atoms with van der Waals surface area (Å²) in [5.74, 6) is -0.403. The summed E-state index contributed by atoms with van der Waals surface area (Å²) < 4.78 is 12.7. The summed E-state index contributed by atoms with van der Waals surface area (Å²) in [6, 6.07) is 13.0. The van der Waals surface area contributed by atoms with Crippen molar-refractivity contribution in [3.63, 3.8) is 0 Å². The number of hydrogen-bond acceptors (Lipinski definition) is 1. The maximum atomic E-state index is 12.7. The Hall–Kier alpha value is -1.96. The van der Waals surface area contributed by atoms with Crippen LogP contribution < -0.4 is 0 Å². The van der Waals surface area contributed by atoms with Gasteiger partial charge in [0.25, 0.3) is 0 Å². The van der Waals surface area contributed by atoms with E-state index in [0.29, 0.717) is 11.1 Å². The number of aryl methyl sites for hydroxylation is 1. The maximum absolute atomic E-state index is 12.7. The molecular weight excluding hydrogens is 203 g/mol. The standard InChI is InChI=1S/C14H11FO/c1-10-4-2-3-5-13(10)14(16)11-6-8-12(15)9-7-11/h2-9H,1H3. The third-order valence-corrected chi connectivity index (χ3v) is 2.50. The molecule has 2 aromatic carbocycles. The second kappa shape index (κ2) is 4.27. The van der Waals surface area contributed by atoms with Gasteiger partial charge in [0.2, 0.25) is 0 Å². The first kappa shape index (κ1) is 10.6. The Balaban J connectivity index is 2.40. The van der Waals surface area contributed by atoms with Crippen LogP contribution in [-0.4, -0.2) is 5.78 Å². The highest BCUT2D eigenvalue weighted by molar-refractivity contribution is 6.09. The second-order valence-electron chi connectivity index (χ2n) is 3.65. The third kappa shape index (κ3) is 2.01. The van der Waals surface area contributed by atoms with Crippen molar-refractivity contribution in [1.29, 1.82) is 0 Å². The van der Waals surface area contributed by atoms with Crippen LogP contribution in [0.5, 0.6) is 0 Å². The van der Waals surface area contributed by atoms with E-state index in [1.165, 1.54) is 24.3 Å². The molecule has 0 radical (unpaired) electrons. The Morgan fingerprint density at radius 3 is 2.25 bits per heavy atom. The van der Waals surface area contributed by atoms with Gasteiger partial charge in [-0.15, -0.1) is 0 Å². The van der Waals surface area contributed by atoms with Gasteiger partial charge in [0.15, 0.2) is 5.78 Å². The molecule has 2 aromatic rings. The lowest BCUT2D eigenvalue weighted by atomic mass is 9.99.